The lowest BCUT2D eigenvalue weighted by Crippen LogP contribution is -2.28. The molecule has 0 atom stereocenters. The van der Waals surface area contributed by atoms with Crippen LogP contribution >= 0.6 is 0 Å². The Bertz CT molecular complexity index is 591. The number of hydrogen-bond acceptors (Lipinski definition) is 2. The van der Waals surface area contributed by atoms with Gasteiger partial charge in [-0.25, -0.2) is 4.79 Å². The molecule has 0 saturated heterocycles. The third-order valence-electron chi connectivity index (χ3n) is 2.96. The molecule has 0 saturated carbocycles. The molecule has 0 spiro atoms. The Morgan fingerprint density at radius 1 is 1.10 bits per heavy atom. The molecule has 0 N–H and O–H groups in total. The SMILES string of the molecule is Cc1ccc(Cc2ccccc2)n1C(=O)OC(C)(C)C. The fourth-order valence-corrected chi connectivity index (χ4v) is 2.10. The first-order valence-electron chi connectivity index (χ1n) is 6.81. The molecule has 106 valence electrons. The van der Waals surface area contributed by atoms with Crippen LogP contribution in [-0.2, 0) is 11.2 Å². The smallest absolute Gasteiger partial charge is 0.418 e. The second-order valence-electron chi connectivity index (χ2n) is 5.94. The molecule has 3 heteroatoms. The zero-order valence-electron chi connectivity index (χ0n) is 12.5. The summed E-state index contributed by atoms with van der Waals surface area (Å²) in [5.74, 6) is 0. The summed E-state index contributed by atoms with van der Waals surface area (Å²) in [6.45, 7) is 7.54. The molecule has 1 heterocycles. The predicted molar refractivity (Wildman–Crippen MR) is 80.0 cm³/mol. The number of hydrogen-bond donors (Lipinski definition) is 0. The van der Waals surface area contributed by atoms with Gasteiger partial charge in [0.2, 0.25) is 0 Å². The number of benzene rings is 1. The molecule has 0 aliphatic heterocycles. The summed E-state index contributed by atoms with van der Waals surface area (Å²) in [7, 11) is 0. The minimum absolute atomic E-state index is 0.314. The minimum Gasteiger partial charge on any atom is -0.443 e. The highest BCUT2D eigenvalue weighted by atomic mass is 16.6. The lowest BCUT2D eigenvalue weighted by atomic mass is 10.1. The molecular formula is C17H21NO2. The van der Waals surface area contributed by atoms with E-state index in [9.17, 15) is 4.79 Å². The van der Waals surface area contributed by atoms with E-state index in [1.807, 2.05) is 58.0 Å². The van der Waals surface area contributed by atoms with Crippen LogP contribution in [0.4, 0.5) is 4.79 Å². The summed E-state index contributed by atoms with van der Waals surface area (Å²) >= 11 is 0. The van der Waals surface area contributed by atoms with Crippen LogP contribution < -0.4 is 0 Å². The quantitative estimate of drug-likeness (QED) is 0.820. The van der Waals surface area contributed by atoms with E-state index in [0.717, 1.165) is 11.4 Å². The van der Waals surface area contributed by atoms with Crippen LogP contribution in [0.15, 0.2) is 42.5 Å². The van der Waals surface area contributed by atoms with E-state index in [-0.39, 0.29) is 6.09 Å². The fourth-order valence-electron chi connectivity index (χ4n) is 2.10. The van der Waals surface area contributed by atoms with Gasteiger partial charge in [0, 0.05) is 17.8 Å². The maximum absolute atomic E-state index is 12.3. The fraction of sp³-hybridized carbons (Fsp3) is 0.353. The molecule has 0 fully saturated rings. The van der Waals surface area contributed by atoms with Gasteiger partial charge in [-0.05, 0) is 45.4 Å². The molecule has 0 aliphatic carbocycles. The topological polar surface area (TPSA) is 31.2 Å². The summed E-state index contributed by atoms with van der Waals surface area (Å²) in [5, 5.41) is 0. The standard InChI is InChI=1S/C17H21NO2/c1-13-10-11-15(12-14-8-6-5-7-9-14)18(13)16(19)20-17(2,3)4/h5-11H,12H2,1-4H3. The van der Waals surface area contributed by atoms with Crippen LogP contribution in [0.5, 0.6) is 0 Å². The van der Waals surface area contributed by atoms with Crippen molar-refractivity contribution in [3.63, 3.8) is 0 Å². The lowest BCUT2D eigenvalue weighted by molar-refractivity contribution is 0.0530. The van der Waals surface area contributed by atoms with Gasteiger partial charge in [0.1, 0.15) is 5.60 Å². The van der Waals surface area contributed by atoms with E-state index in [1.54, 1.807) is 4.57 Å². The van der Waals surface area contributed by atoms with Gasteiger partial charge >= 0.3 is 6.09 Å². The normalized spacial score (nSPS) is 11.4. The van der Waals surface area contributed by atoms with Crippen molar-refractivity contribution in [1.82, 2.24) is 4.57 Å². The minimum atomic E-state index is -0.488. The molecule has 1 aromatic carbocycles. The Balaban J connectivity index is 2.26. The van der Waals surface area contributed by atoms with Gasteiger partial charge in [-0.3, -0.25) is 4.57 Å². The Labute approximate surface area is 120 Å². The molecule has 1 aromatic heterocycles. The predicted octanol–water partition coefficient (Wildman–Crippen LogP) is 4.17. The number of aryl methyl sites for hydroxylation is 1. The van der Waals surface area contributed by atoms with Crippen LogP contribution in [0.1, 0.15) is 37.7 Å². The molecule has 20 heavy (non-hydrogen) atoms. The lowest BCUT2D eigenvalue weighted by Gasteiger charge is -2.21. The highest BCUT2D eigenvalue weighted by Gasteiger charge is 2.20. The first kappa shape index (κ1) is 14.4. The zero-order chi connectivity index (χ0) is 14.8. The van der Waals surface area contributed by atoms with E-state index in [0.29, 0.717) is 6.42 Å². The van der Waals surface area contributed by atoms with Gasteiger partial charge in [0.25, 0.3) is 0 Å². The van der Waals surface area contributed by atoms with Crippen molar-refractivity contribution in [2.45, 2.75) is 39.7 Å². The van der Waals surface area contributed by atoms with Crippen LogP contribution in [0.25, 0.3) is 0 Å². The number of carbonyl (C=O) groups is 1. The molecule has 2 aromatic rings. The second kappa shape index (κ2) is 5.53. The number of ether oxygens (including phenoxy) is 1. The van der Waals surface area contributed by atoms with Gasteiger partial charge in [0.15, 0.2) is 0 Å². The third kappa shape index (κ3) is 3.50. The van der Waals surface area contributed by atoms with Crippen LogP contribution in [-0.4, -0.2) is 16.3 Å². The Morgan fingerprint density at radius 2 is 1.75 bits per heavy atom. The Kier molecular flexibility index (Phi) is 3.98. The molecule has 0 bridgehead atoms. The van der Waals surface area contributed by atoms with Crippen molar-refractivity contribution in [3.8, 4) is 0 Å². The molecule has 0 amide bonds. The molecule has 0 radical (unpaired) electrons. The monoisotopic (exact) mass is 271 g/mol. The summed E-state index contributed by atoms with van der Waals surface area (Å²) in [4.78, 5) is 12.3. The molecule has 0 aliphatic rings. The van der Waals surface area contributed by atoms with E-state index in [1.165, 1.54) is 5.56 Å². The van der Waals surface area contributed by atoms with Gasteiger partial charge < -0.3 is 4.74 Å². The molecular weight excluding hydrogens is 250 g/mol. The largest absolute Gasteiger partial charge is 0.443 e. The van der Waals surface area contributed by atoms with E-state index < -0.39 is 5.60 Å². The van der Waals surface area contributed by atoms with E-state index >= 15 is 0 Å². The van der Waals surface area contributed by atoms with Gasteiger partial charge in [-0.2, -0.15) is 0 Å². The van der Waals surface area contributed by atoms with Crippen molar-refractivity contribution >= 4 is 6.09 Å². The van der Waals surface area contributed by atoms with Crippen molar-refractivity contribution in [2.24, 2.45) is 0 Å². The van der Waals surface area contributed by atoms with Crippen molar-refractivity contribution in [3.05, 3.63) is 59.4 Å². The summed E-state index contributed by atoms with van der Waals surface area (Å²) in [6.07, 6.45) is 0.402. The van der Waals surface area contributed by atoms with Crippen LogP contribution in [0.2, 0.25) is 0 Å². The first-order chi connectivity index (χ1) is 9.37. The average molecular weight is 271 g/mol. The van der Waals surface area contributed by atoms with Crippen molar-refractivity contribution in [2.75, 3.05) is 0 Å². The van der Waals surface area contributed by atoms with Gasteiger partial charge in [-0.15, -0.1) is 0 Å². The van der Waals surface area contributed by atoms with Crippen molar-refractivity contribution < 1.29 is 9.53 Å². The molecule has 0 unspecified atom stereocenters. The summed E-state index contributed by atoms with van der Waals surface area (Å²) < 4.78 is 7.12. The average Bonchev–Trinajstić information content (AvgIpc) is 2.69. The van der Waals surface area contributed by atoms with E-state index in [4.69, 9.17) is 4.74 Å². The highest BCUT2D eigenvalue weighted by Crippen LogP contribution is 2.17. The molecule has 2 rings (SSSR count). The third-order valence-corrected chi connectivity index (χ3v) is 2.96. The van der Waals surface area contributed by atoms with Crippen LogP contribution in [0, 0.1) is 6.92 Å². The number of carbonyl (C=O) groups excluding carboxylic acids is 1. The van der Waals surface area contributed by atoms with Crippen molar-refractivity contribution in [1.29, 1.82) is 0 Å². The van der Waals surface area contributed by atoms with Crippen LogP contribution in [0.3, 0.4) is 0 Å². The summed E-state index contributed by atoms with van der Waals surface area (Å²) in [6, 6.07) is 14.0. The van der Waals surface area contributed by atoms with E-state index in [2.05, 4.69) is 12.1 Å². The Morgan fingerprint density at radius 3 is 2.35 bits per heavy atom. The Hall–Kier alpha value is -2.03. The number of nitrogens with zero attached hydrogens (tertiary/aromatic N) is 1. The van der Waals surface area contributed by atoms with Gasteiger partial charge in [0.05, 0.1) is 0 Å². The summed E-state index contributed by atoms with van der Waals surface area (Å²) in [5.41, 5.74) is 2.53. The maximum Gasteiger partial charge on any atom is 0.418 e. The zero-order valence-corrected chi connectivity index (χ0v) is 12.5. The number of rotatable bonds is 2. The second-order valence-corrected chi connectivity index (χ2v) is 5.94. The maximum atomic E-state index is 12.3. The number of aromatic nitrogens is 1. The first-order valence-corrected chi connectivity index (χ1v) is 6.81. The molecule has 3 nitrogen and oxygen atoms in total. The van der Waals surface area contributed by atoms with Gasteiger partial charge in [-0.1, -0.05) is 30.3 Å². The highest BCUT2D eigenvalue weighted by molar-refractivity contribution is 5.73.